The normalized spacial score (nSPS) is 22.2. The molecule has 1 aliphatic carbocycles. The zero-order valence-corrected chi connectivity index (χ0v) is 6.88. The third kappa shape index (κ3) is 2.16. The van der Waals surface area contributed by atoms with Gasteiger partial charge in [-0.15, -0.1) is 0 Å². The lowest BCUT2D eigenvalue weighted by molar-refractivity contribution is -0.124. The van der Waals surface area contributed by atoms with E-state index in [2.05, 4.69) is 0 Å². The maximum Gasteiger partial charge on any atom is 0.137 e. The fourth-order valence-corrected chi connectivity index (χ4v) is 1.47. The van der Waals surface area contributed by atoms with Gasteiger partial charge in [0.15, 0.2) is 0 Å². The molecule has 0 heterocycles. The minimum atomic E-state index is -0.0779. The van der Waals surface area contributed by atoms with E-state index in [0.717, 1.165) is 0 Å². The molecule has 0 spiro atoms. The zero-order chi connectivity index (χ0) is 8.97. The van der Waals surface area contributed by atoms with Crippen LogP contribution in [0.4, 0.5) is 0 Å². The van der Waals surface area contributed by atoms with E-state index >= 15 is 0 Å². The monoisotopic (exact) mass is 165 g/mol. The van der Waals surface area contributed by atoms with E-state index < -0.39 is 0 Å². The number of carbonyl (C=O) groups is 2. The first-order chi connectivity index (χ1) is 5.74. The third-order valence-corrected chi connectivity index (χ3v) is 2.18. The van der Waals surface area contributed by atoms with Gasteiger partial charge in [-0.3, -0.25) is 9.59 Å². The van der Waals surface area contributed by atoms with Crippen LogP contribution in [0.2, 0.25) is 0 Å². The van der Waals surface area contributed by atoms with Crippen LogP contribution >= 0.6 is 0 Å². The first-order valence-electron chi connectivity index (χ1n) is 4.15. The number of nitrogens with zero attached hydrogens (tertiary/aromatic N) is 1. The van der Waals surface area contributed by atoms with Crippen molar-refractivity contribution in [3.05, 3.63) is 0 Å². The molecule has 1 unspecified atom stereocenters. The Hall–Kier alpha value is -1.17. The summed E-state index contributed by atoms with van der Waals surface area (Å²) in [4.78, 5) is 22.1. The van der Waals surface area contributed by atoms with Crippen LogP contribution in [0.1, 0.15) is 32.1 Å². The first-order valence-corrected chi connectivity index (χ1v) is 4.15. The molecule has 1 rings (SSSR count). The molecule has 1 fully saturated rings. The molecular weight excluding hydrogens is 154 g/mol. The van der Waals surface area contributed by atoms with Crippen molar-refractivity contribution in [2.24, 2.45) is 5.92 Å². The standard InChI is InChI=1S/C9H11NO2/c10-5-1-2-9(12)7-3-4-8(11)6-7/h7H,1-4,6H2. The largest absolute Gasteiger partial charge is 0.300 e. The molecule has 1 atom stereocenters. The van der Waals surface area contributed by atoms with Crippen molar-refractivity contribution in [1.29, 1.82) is 5.26 Å². The molecule has 0 radical (unpaired) electrons. The van der Waals surface area contributed by atoms with Crippen molar-refractivity contribution in [2.45, 2.75) is 32.1 Å². The highest BCUT2D eigenvalue weighted by molar-refractivity contribution is 5.91. The van der Waals surface area contributed by atoms with Gasteiger partial charge in [-0.25, -0.2) is 0 Å². The van der Waals surface area contributed by atoms with Gasteiger partial charge < -0.3 is 0 Å². The molecule has 0 aromatic rings. The zero-order valence-electron chi connectivity index (χ0n) is 6.88. The molecule has 0 N–H and O–H groups in total. The number of carbonyl (C=O) groups excluding carboxylic acids is 2. The number of ketones is 2. The summed E-state index contributed by atoms with van der Waals surface area (Å²) in [5.41, 5.74) is 0. The molecule has 0 aromatic heterocycles. The van der Waals surface area contributed by atoms with E-state index in [1.165, 1.54) is 0 Å². The van der Waals surface area contributed by atoms with E-state index in [1.54, 1.807) is 0 Å². The van der Waals surface area contributed by atoms with E-state index in [0.29, 0.717) is 25.7 Å². The molecular formula is C9H11NO2. The lowest BCUT2D eigenvalue weighted by Gasteiger charge is -2.03. The predicted octanol–water partition coefficient (Wildman–Crippen LogP) is 1.23. The Bertz CT molecular complexity index is 239. The Morgan fingerprint density at radius 2 is 2.42 bits per heavy atom. The fourth-order valence-electron chi connectivity index (χ4n) is 1.47. The van der Waals surface area contributed by atoms with Crippen LogP contribution < -0.4 is 0 Å². The first kappa shape index (κ1) is 8.92. The molecule has 1 saturated carbocycles. The smallest absolute Gasteiger partial charge is 0.137 e. The van der Waals surface area contributed by atoms with Gasteiger partial charge in [-0.2, -0.15) is 5.26 Å². The van der Waals surface area contributed by atoms with E-state index in [9.17, 15) is 9.59 Å². The van der Waals surface area contributed by atoms with Crippen LogP contribution in [0.5, 0.6) is 0 Å². The maximum absolute atomic E-state index is 11.2. The minimum Gasteiger partial charge on any atom is -0.300 e. The molecule has 3 nitrogen and oxygen atoms in total. The van der Waals surface area contributed by atoms with E-state index in [4.69, 9.17) is 5.26 Å². The number of nitriles is 1. The van der Waals surface area contributed by atoms with Gasteiger partial charge in [-0.1, -0.05) is 0 Å². The number of Topliss-reactive ketones (excluding diaryl/α,β-unsaturated/α-hetero) is 2. The average Bonchev–Trinajstić information content (AvgIpc) is 2.47. The van der Waals surface area contributed by atoms with E-state index in [-0.39, 0.29) is 23.9 Å². The van der Waals surface area contributed by atoms with Crippen LogP contribution in [0, 0.1) is 17.2 Å². The SMILES string of the molecule is N#CCCC(=O)C1CCC(=O)C1. The molecule has 3 heteroatoms. The fraction of sp³-hybridized carbons (Fsp3) is 0.667. The summed E-state index contributed by atoms with van der Waals surface area (Å²) in [6.45, 7) is 0. The highest BCUT2D eigenvalue weighted by Gasteiger charge is 2.27. The summed E-state index contributed by atoms with van der Waals surface area (Å²) in [5.74, 6) is 0.193. The second-order valence-electron chi connectivity index (χ2n) is 3.10. The van der Waals surface area contributed by atoms with Crippen LogP contribution in [0.25, 0.3) is 0 Å². The minimum absolute atomic E-state index is 0.0779. The van der Waals surface area contributed by atoms with Crippen molar-refractivity contribution in [3.63, 3.8) is 0 Å². The number of rotatable bonds is 3. The second-order valence-corrected chi connectivity index (χ2v) is 3.10. The molecule has 0 aromatic carbocycles. The summed E-state index contributed by atoms with van der Waals surface area (Å²) in [5, 5.41) is 8.24. The lowest BCUT2D eigenvalue weighted by Crippen LogP contribution is -2.10. The van der Waals surface area contributed by atoms with Gasteiger partial charge in [0, 0.05) is 31.6 Å². The third-order valence-electron chi connectivity index (χ3n) is 2.18. The van der Waals surface area contributed by atoms with Gasteiger partial charge in [0.25, 0.3) is 0 Å². The summed E-state index contributed by atoms with van der Waals surface area (Å²) in [6.07, 6.45) is 2.24. The van der Waals surface area contributed by atoms with Crippen LogP contribution in [-0.2, 0) is 9.59 Å². The highest BCUT2D eigenvalue weighted by Crippen LogP contribution is 2.23. The van der Waals surface area contributed by atoms with Crippen molar-refractivity contribution in [2.75, 3.05) is 0 Å². The quantitative estimate of drug-likeness (QED) is 0.631. The number of hydrogen-bond donors (Lipinski definition) is 0. The van der Waals surface area contributed by atoms with Crippen LogP contribution in [0.3, 0.4) is 0 Å². The summed E-state index contributed by atoms with van der Waals surface area (Å²) >= 11 is 0. The molecule has 1 aliphatic rings. The molecule has 0 bridgehead atoms. The second kappa shape index (κ2) is 4.01. The molecule has 12 heavy (non-hydrogen) atoms. The Labute approximate surface area is 71.4 Å². The Balaban J connectivity index is 2.34. The summed E-state index contributed by atoms with van der Waals surface area (Å²) < 4.78 is 0. The van der Waals surface area contributed by atoms with Gasteiger partial charge in [0.05, 0.1) is 6.07 Å². The molecule has 0 aliphatic heterocycles. The van der Waals surface area contributed by atoms with Gasteiger partial charge in [0.1, 0.15) is 11.6 Å². The predicted molar refractivity (Wildman–Crippen MR) is 42.2 cm³/mol. The van der Waals surface area contributed by atoms with Gasteiger partial charge in [-0.05, 0) is 6.42 Å². The Kier molecular flexibility index (Phi) is 2.98. The summed E-state index contributed by atoms with van der Waals surface area (Å²) in [6, 6.07) is 1.93. The average molecular weight is 165 g/mol. The molecule has 64 valence electrons. The molecule has 0 saturated heterocycles. The highest BCUT2D eigenvalue weighted by atomic mass is 16.1. The van der Waals surface area contributed by atoms with Crippen molar-refractivity contribution >= 4 is 11.6 Å². The van der Waals surface area contributed by atoms with Crippen molar-refractivity contribution in [3.8, 4) is 6.07 Å². The Morgan fingerprint density at radius 1 is 1.67 bits per heavy atom. The Morgan fingerprint density at radius 3 is 2.92 bits per heavy atom. The summed E-state index contributed by atoms with van der Waals surface area (Å²) in [7, 11) is 0. The van der Waals surface area contributed by atoms with Crippen molar-refractivity contribution in [1.82, 2.24) is 0 Å². The number of hydrogen-bond acceptors (Lipinski definition) is 3. The van der Waals surface area contributed by atoms with Gasteiger partial charge in [0.2, 0.25) is 0 Å². The van der Waals surface area contributed by atoms with E-state index in [1.807, 2.05) is 6.07 Å². The maximum atomic E-state index is 11.2. The van der Waals surface area contributed by atoms with Gasteiger partial charge >= 0.3 is 0 Å². The van der Waals surface area contributed by atoms with Crippen LogP contribution in [0.15, 0.2) is 0 Å². The van der Waals surface area contributed by atoms with Crippen LogP contribution in [-0.4, -0.2) is 11.6 Å². The van der Waals surface area contributed by atoms with Crippen molar-refractivity contribution < 1.29 is 9.59 Å². The topological polar surface area (TPSA) is 57.9 Å². The lowest BCUT2D eigenvalue weighted by atomic mass is 9.99. The molecule has 0 amide bonds.